The van der Waals surface area contributed by atoms with Gasteiger partial charge in [-0.15, -0.1) is 0 Å². The number of ether oxygens (including phenoxy) is 6. The first-order valence-corrected chi connectivity index (χ1v) is 14.8. The van der Waals surface area contributed by atoms with Gasteiger partial charge in [-0.2, -0.15) is 0 Å². The molecule has 4 fully saturated rings. The van der Waals surface area contributed by atoms with Gasteiger partial charge in [-0.25, -0.2) is 9.59 Å². The molecular formula is C32H36O13. The van der Waals surface area contributed by atoms with E-state index in [1.807, 2.05) is 0 Å². The molecule has 2 saturated heterocycles. The lowest BCUT2D eigenvalue weighted by Crippen LogP contribution is -2.83. The van der Waals surface area contributed by atoms with Crippen molar-refractivity contribution >= 4 is 29.8 Å². The number of Topliss-reactive ketones (excluding diaryl/α,β-unsaturated/α-hetero) is 1. The average Bonchev–Trinajstić information content (AvgIpc) is 3.34. The lowest BCUT2D eigenvalue weighted by molar-refractivity contribution is -0.345. The minimum Gasteiger partial charge on any atom is -0.454 e. The van der Waals surface area contributed by atoms with E-state index in [-0.39, 0.29) is 29.7 Å². The third-order valence-electron chi connectivity index (χ3n) is 10.7. The molecule has 10 atom stereocenters. The van der Waals surface area contributed by atoms with Gasteiger partial charge in [0, 0.05) is 25.7 Å². The summed E-state index contributed by atoms with van der Waals surface area (Å²) in [5.41, 5.74) is -6.88. The molecule has 13 nitrogen and oxygen atoms in total. The zero-order chi connectivity index (χ0) is 32.9. The highest BCUT2D eigenvalue weighted by Gasteiger charge is 2.82. The third kappa shape index (κ3) is 3.99. The van der Waals surface area contributed by atoms with Crippen molar-refractivity contribution in [3.8, 4) is 0 Å². The van der Waals surface area contributed by atoms with Crippen LogP contribution in [0.25, 0.3) is 0 Å². The van der Waals surface area contributed by atoms with Gasteiger partial charge in [-0.3, -0.25) is 14.4 Å². The molecule has 2 heterocycles. The van der Waals surface area contributed by atoms with Crippen molar-refractivity contribution in [3.63, 3.8) is 0 Å². The summed E-state index contributed by atoms with van der Waals surface area (Å²) in [4.78, 5) is 67.4. The normalized spacial score (nSPS) is 41.0. The Labute approximate surface area is 258 Å². The quantitative estimate of drug-likeness (QED) is 0.280. The number of benzene rings is 1. The molecule has 0 amide bonds. The highest BCUT2D eigenvalue weighted by molar-refractivity contribution is 5.96. The molecule has 2 aliphatic heterocycles. The van der Waals surface area contributed by atoms with E-state index in [4.69, 9.17) is 28.4 Å². The first-order valence-electron chi connectivity index (χ1n) is 14.8. The van der Waals surface area contributed by atoms with Crippen molar-refractivity contribution in [3.05, 3.63) is 47.0 Å². The molecule has 45 heavy (non-hydrogen) atoms. The van der Waals surface area contributed by atoms with Crippen molar-refractivity contribution in [2.24, 2.45) is 16.7 Å². The smallest absolute Gasteiger partial charge is 0.454 e. The molecule has 3 aliphatic carbocycles. The van der Waals surface area contributed by atoms with E-state index in [0.29, 0.717) is 0 Å². The molecule has 1 spiro atoms. The maximum absolute atomic E-state index is 15.0. The summed E-state index contributed by atoms with van der Waals surface area (Å²) in [5.74, 6) is -4.68. The van der Waals surface area contributed by atoms with E-state index < -0.39 is 94.4 Å². The van der Waals surface area contributed by atoms with Gasteiger partial charge in [0.05, 0.1) is 29.6 Å². The summed E-state index contributed by atoms with van der Waals surface area (Å²) in [6, 6.07) is 7.93. The van der Waals surface area contributed by atoms with E-state index >= 15 is 0 Å². The number of hydrogen-bond donors (Lipinski definition) is 2. The first-order chi connectivity index (χ1) is 21.0. The predicted octanol–water partition coefficient (Wildman–Crippen LogP) is 1.81. The lowest BCUT2D eigenvalue weighted by atomic mass is 9.44. The zero-order valence-corrected chi connectivity index (χ0v) is 25.7. The molecule has 0 radical (unpaired) electrons. The molecule has 1 aromatic rings. The topological polar surface area (TPSA) is 181 Å². The van der Waals surface area contributed by atoms with Crippen molar-refractivity contribution < 1.29 is 62.6 Å². The van der Waals surface area contributed by atoms with Crippen LogP contribution in [0.1, 0.15) is 58.3 Å². The van der Waals surface area contributed by atoms with Gasteiger partial charge in [0.1, 0.15) is 12.2 Å². The Balaban J connectivity index is 1.72. The molecule has 13 heteroatoms. The highest BCUT2D eigenvalue weighted by Crippen LogP contribution is 2.66. The second-order valence-corrected chi connectivity index (χ2v) is 13.3. The summed E-state index contributed by atoms with van der Waals surface area (Å²) in [6.07, 6.45) is -10.3. The van der Waals surface area contributed by atoms with Crippen LogP contribution in [-0.2, 0) is 42.8 Å². The van der Waals surface area contributed by atoms with Gasteiger partial charge in [0.15, 0.2) is 29.7 Å². The maximum atomic E-state index is 15.0. The first kappa shape index (κ1) is 31.2. The number of fused-ring (bicyclic) bond motifs is 4. The van der Waals surface area contributed by atoms with Crippen molar-refractivity contribution in [2.45, 2.75) is 95.8 Å². The number of carbonyl (C=O) groups is 5. The molecule has 2 saturated carbocycles. The number of hydrogen-bond acceptors (Lipinski definition) is 13. The molecule has 242 valence electrons. The Bertz CT molecular complexity index is 1520. The van der Waals surface area contributed by atoms with Crippen LogP contribution < -0.4 is 0 Å². The fourth-order valence-electron chi connectivity index (χ4n) is 8.65. The molecule has 1 aromatic carbocycles. The van der Waals surface area contributed by atoms with Gasteiger partial charge in [-0.1, -0.05) is 32.0 Å². The fourth-order valence-corrected chi connectivity index (χ4v) is 8.65. The van der Waals surface area contributed by atoms with E-state index in [1.165, 1.54) is 32.9 Å². The summed E-state index contributed by atoms with van der Waals surface area (Å²) < 4.78 is 35.5. The average molecular weight is 629 g/mol. The standard InChI is InChI=1S/C32H36O13/c1-14-20-22(41-15(2)33)24(37)30(6)18(35)12-19-31(13-40-19,44-16(3)34)23(30)26(42-27(38)17-10-8-7-9-11-17)32(29(20,4)5)25(21(14)36)43-28(39)45-32/h7-11,18-19,21-23,25-26,35-36H,12-13H2,1-6H3/t18-,19?,21+,22+,23-,25-,26-,30+,31-,32+/m0/s1. The van der Waals surface area contributed by atoms with Crippen molar-refractivity contribution in [1.29, 1.82) is 0 Å². The molecule has 5 aliphatic rings. The van der Waals surface area contributed by atoms with Crippen LogP contribution in [0.4, 0.5) is 4.79 Å². The molecule has 0 aromatic heterocycles. The number of esters is 3. The SMILES string of the molecule is CC(=O)O[C@H]1C(=O)[C@]2(C)[C@@H](O)CC3OC[C@@]3(OC(C)=O)[C@H]2[C@H](OC(=O)c2ccccc2)[C@]23OC(=O)O[C@H]2[C@H](O)C(C)=C1C3(C)C. The van der Waals surface area contributed by atoms with Gasteiger partial charge >= 0.3 is 24.1 Å². The minimum atomic E-state index is -2.10. The molecule has 6 rings (SSSR count). The van der Waals surface area contributed by atoms with Crippen molar-refractivity contribution in [1.82, 2.24) is 0 Å². The summed E-state index contributed by atoms with van der Waals surface area (Å²) in [6.45, 7) is 8.18. The van der Waals surface area contributed by atoms with Crippen LogP contribution in [0, 0.1) is 16.7 Å². The maximum Gasteiger partial charge on any atom is 0.509 e. The second kappa shape index (κ2) is 10.1. The summed E-state index contributed by atoms with van der Waals surface area (Å²) in [5, 5.41) is 23.5. The molecule has 2 bridgehead atoms. The number of aliphatic hydroxyl groups is 2. The molecule has 2 N–H and O–H groups in total. The van der Waals surface area contributed by atoms with E-state index in [9.17, 15) is 34.2 Å². The Kier molecular flexibility index (Phi) is 7.00. The largest absolute Gasteiger partial charge is 0.509 e. The Morgan fingerprint density at radius 3 is 2.22 bits per heavy atom. The highest BCUT2D eigenvalue weighted by atomic mass is 16.8. The van der Waals surface area contributed by atoms with Crippen LogP contribution >= 0.6 is 0 Å². The van der Waals surface area contributed by atoms with Gasteiger partial charge in [0.2, 0.25) is 5.60 Å². The lowest BCUT2D eigenvalue weighted by Gasteiger charge is -2.67. The van der Waals surface area contributed by atoms with Crippen LogP contribution in [-0.4, -0.2) is 94.5 Å². The minimum absolute atomic E-state index is 0.103. The Morgan fingerprint density at radius 2 is 1.64 bits per heavy atom. The zero-order valence-electron chi connectivity index (χ0n) is 25.7. The van der Waals surface area contributed by atoms with Crippen molar-refractivity contribution in [2.75, 3.05) is 6.61 Å². The second-order valence-electron chi connectivity index (χ2n) is 13.3. The molecule has 1 unspecified atom stereocenters. The molecular weight excluding hydrogens is 592 g/mol. The van der Waals surface area contributed by atoms with Crippen LogP contribution in [0.5, 0.6) is 0 Å². The van der Waals surface area contributed by atoms with E-state index in [1.54, 1.807) is 32.0 Å². The number of ketones is 1. The van der Waals surface area contributed by atoms with E-state index in [2.05, 4.69) is 0 Å². The van der Waals surface area contributed by atoms with Gasteiger partial charge in [-0.05, 0) is 37.1 Å². The van der Waals surface area contributed by atoms with Crippen LogP contribution in [0.3, 0.4) is 0 Å². The third-order valence-corrected chi connectivity index (χ3v) is 10.7. The Hall–Kier alpha value is -3.81. The van der Waals surface area contributed by atoms with E-state index in [0.717, 1.165) is 6.92 Å². The predicted molar refractivity (Wildman–Crippen MR) is 149 cm³/mol. The van der Waals surface area contributed by atoms with Gasteiger partial charge in [0.25, 0.3) is 0 Å². The monoisotopic (exact) mass is 628 g/mol. The number of aliphatic hydroxyl groups excluding tert-OH is 2. The number of rotatable bonds is 4. The van der Waals surface area contributed by atoms with Gasteiger partial charge < -0.3 is 38.6 Å². The fraction of sp³-hybridized carbons (Fsp3) is 0.594. The summed E-state index contributed by atoms with van der Waals surface area (Å²) in [7, 11) is 0. The summed E-state index contributed by atoms with van der Waals surface area (Å²) >= 11 is 0. The Morgan fingerprint density at radius 1 is 0.978 bits per heavy atom. The van der Waals surface area contributed by atoms with Crippen LogP contribution in [0.15, 0.2) is 41.5 Å². The van der Waals surface area contributed by atoms with Crippen LogP contribution in [0.2, 0.25) is 0 Å². The number of carbonyl (C=O) groups excluding carboxylic acids is 5.